The van der Waals surface area contributed by atoms with Crippen molar-refractivity contribution < 1.29 is 0 Å². The lowest BCUT2D eigenvalue weighted by Gasteiger charge is -2.13. The third kappa shape index (κ3) is 8.19. The maximum absolute atomic E-state index is 5.93. The van der Waals surface area contributed by atoms with E-state index in [9.17, 15) is 0 Å². The van der Waals surface area contributed by atoms with Crippen molar-refractivity contribution in [3.63, 3.8) is 0 Å². The van der Waals surface area contributed by atoms with Gasteiger partial charge < -0.3 is 5.73 Å². The van der Waals surface area contributed by atoms with Gasteiger partial charge in [0.2, 0.25) is 0 Å². The normalized spacial score (nSPS) is 15.7. The summed E-state index contributed by atoms with van der Waals surface area (Å²) >= 11 is 0. The molecule has 0 aromatic carbocycles. The van der Waals surface area contributed by atoms with E-state index in [0.717, 1.165) is 12.8 Å². The van der Waals surface area contributed by atoms with Gasteiger partial charge in [-0.15, -0.1) is 0 Å². The van der Waals surface area contributed by atoms with Crippen molar-refractivity contribution in [1.29, 1.82) is 0 Å². The van der Waals surface area contributed by atoms with Gasteiger partial charge in [0.25, 0.3) is 0 Å². The van der Waals surface area contributed by atoms with E-state index in [4.69, 9.17) is 5.73 Å². The molecule has 0 radical (unpaired) electrons. The van der Waals surface area contributed by atoms with Crippen molar-refractivity contribution in [3.05, 3.63) is 36.5 Å². The number of hydrogen-bond acceptors (Lipinski definition) is 1. The fourth-order valence-corrected chi connectivity index (χ4v) is 1.15. The second kappa shape index (κ2) is 6.62. The van der Waals surface area contributed by atoms with Gasteiger partial charge in [0.05, 0.1) is 0 Å². The minimum absolute atomic E-state index is 0.219. The number of allylic oxidation sites excluding steroid dienone is 4. The third-order valence-corrected chi connectivity index (χ3v) is 2.15. The van der Waals surface area contributed by atoms with E-state index in [0.29, 0.717) is 0 Å². The summed E-state index contributed by atoms with van der Waals surface area (Å²) < 4.78 is 0. The Labute approximate surface area is 94.8 Å². The van der Waals surface area contributed by atoms with Crippen LogP contribution in [0.2, 0.25) is 0 Å². The van der Waals surface area contributed by atoms with Crippen LogP contribution in [0.5, 0.6) is 0 Å². The fraction of sp³-hybridized carbons (Fsp3) is 0.571. The minimum atomic E-state index is 0.219. The van der Waals surface area contributed by atoms with Crippen LogP contribution < -0.4 is 5.73 Å². The molecule has 1 nitrogen and oxygen atoms in total. The van der Waals surface area contributed by atoms with Crippen LogP contribution in [0.25, 0.3) is 0 Å². The molecule has 86 valence electrons. The Kier molecular flexibility index (Phi) is 6.26. The Morgan fingerprint density at radius 1 is 1.40 bits per heavy atom. The number of rotatable bonds is 5. The van der Waals surface area contributed by atoms with Crippen LogP contribution in [-0.4, -0.2) is 6.04 Å². The summed E-state index contributed by atoms with van der Waals surface area (Å²) in [6, 6.07) is 0.251. The average molecular weight is 207 g/mol. The van der Waals surface area contributed by atoms with Gasteiger partial charge in [-0.1, -0.05) is 58.6 Å². The summed E-state index contributed by atoms with van der Waals surface area (Å²) in [4.78, 5) is 0. The van der Waals surface area contributed by atoms with E-state index >= 15 is 0 Å². The van der Waals surface area contributed by atoms with Crippen molar-refractivity contribution in [2.75, 3.05) is 0 Å². The second-order valence-electron chi connectivity index (χ2n) is 5.05. The van der Waals surface area contributed by atoms with Crippen molar-refractivity contribution in [2.24, 2.45) is 11.1 Å². The first-order valence-corrected chi connectivity index (χ1v) is 5.65. The standard InChI is InChI=1S/C14H25N/c1-6-8-12(11-13(15)7-2)9-10-14(3,4)5/h6,8-10,13H,1,7,11,15H2,2-5H3/b10-9-,12-8+/t13-/m0/s1. The molecular formula is C14H25N. The Morgan fingerprint density at radius 3 is 2.40 bits per heavy atom. The van der Waals surface area contributed by atoms with E-state index in [-0.39, 0.29) is 11.5 Å². The second-order valence-corrected chi connectivity index (χ2v) is 5.05. The molecular weight excluding hydrogens is 182 g/mol. The first-order valence-electron chi connectivity index (χ1n) is 5.65. The predicted octanol–water partition coefficient (Wildman–Crippen LogP) is 3.83. The largest absolute Gasteiger partial charge is 0.327 e. The molecule has 0 spiro atoms. The van der Waals surface area contributed by atoms with E-state index < -0.39 is 0 Å². The van der Waals surface area contributed by atoms with Gasteiger partial charge in [0, 0.05) is 6.04 Å². The zero-order chi connectivity index (χ0) is 11.9. The van der Waals surface area contributed by atoms with Gasteiger partial charge >= 0.3 is 0 Å². The Balaban J connectivity index is 4.49. The summed E-state index contributed by atoms with van der Waals surface area (Å²) in [5, 5.41) is 0. The zero-order valence-electron chi connectivity index (χ0n) is 10.6. The molecule has 0 aliphatic carbocycles. The fourth-order valence-electron chi connectivity index (χ4n) is 1.15. The average Bonchev–Trinajstić information content (AvgIpc) is 2.13. The lowest BCUT2D eigenvalue weighted by molar-refractivity contribution is 0.543. The molecule has 0 aromatic rings. The monoisotopic (exact) mass is 207 g/mol. The molecule has 0 fully saturated rings. The predicted molar refractivity (Wildman–Crippen MR) is 69.8 cm³/mol. The summed E-state index contributed by atoms with van der Waals surface area (Å²) in [5.74, 6) is 0. The molecule has 0 rings (SSSR count). The van der Waals surface area contributed by atoms with Crippen molar-refractivity contribution in [1.82, 2.24) is 0 Å². The molecule has 0 heterocycles. The molecule has 0 aromatic heterocycles. The first-order chi connectivity index (χ1) is 6.89. The molecule has 2 N–H and O–H groups in total. The Morgan fingerprint density at radius 2 is 2.00 bits per heavy atom. The van der Waals surface area contributed by atoms with Crippen LogP contribution >= 0.6 is 0 Å². The lowest BCUT2D eigenvalue weighted by Crippen LogP contribution is -2.18. The van der Waals surface area contributed by atoms with Gasteiger partial charge in [-0.2, -0.15) is 0 Å². The van der Waals surface area contributed by atoms with Crippen LogP contribution in [0.1, 0.15) is 40.5 Å². The number of hydrogen-bond donors (Lipinski definition) is 1. The third-order valence-electron chi connectivity index (χ3n) is 2.15. The van der Waals surface area contributed by atoms with Crippen LogP contribution in [0.3, 0.4) is 0 Å². The quantitative estimate of drug-likeness (QED) is 0.681. The molecule has 0 aliphatic rings. The highest BCUT2D eigenvalue weighted by atomic mass is 14.6. The maximum Gasteiger partial charge on any atom is 0.00766 e. The molecule has 1 heteroatoms. The summed E-state index contributed by atoms with van der Waals surface area (Å²) in [5.41, 5.74) is 7.41. The van der Waals surface area contributed by atoms with E-state index in [2.05, 4.69) is 46.4 Å². The van der Waals surface area contributed by atoms with Gasteiger partial charge in [-0.3, -0.25) is 0 Å². The van der Waals surface area contributed by atoms with Gasteiger partial charge in [0.15, 0.2) is 0 Å². The summed E-state index contributed by atoms with van der Waals surface area (Å²) in [7, 11) is 0. The van der Waals surface area contributed by atoms with Crippen LogP contribution in [0.15, 0.2) is 36.5 Å². The van der Waals surface area contributed by atoms with Crippen LogP contribution in [-0.2, 0) is 0 Å². The van der Waals surface area contributed by atoms with E-state index in [1.165, 1.54) is 5.57 Å². The van der Waals surface area contributed by atoms with E-state index in [1.54, 1.807) is 0 Å². The van der Waals surface area contributed by atoms with Crippen LogP contribution in [0, 0.1) is 5.41 Å². The molecule has 0 bridgehead atoms. The Bertz CT molecular complexity index is 241. The molecule has 0 amide bonds. The molecule has 15 heavy (non-hydrogen) atoms. The molecule has 0 saturated heterocycles. The summed E-state index contributed by atoms with van der Waals surface area (Å²) in [6.07, 6.45) is 10.2. The lowest BCUT2D eigenvalue weighted by atomic mass is 9.94. The SMILES string of the molecule is C=C/C=C(\C=C/C(C)(C)C)C[C@@H](N)CC. The van der Waals surface area contributed by atoms with Gasteiger partial charge in [-0.05, 0) is 23.8 Å². The van der Waals surface area contributed by atoms with E-state index in [1.807, 2.05) is 12.2 Å². The number of nitrogens with two attached hydrogens (primary N) is 1. The van der Waals surface area contributed by atoms with Crippen LogP contribution in [0.4, 0.5) is 0 Å². The van der Waals surface area contributed by atoms with Gasteiger partial charge in [0.1, 0.15) is 0 Å². The maximum atomic E-state index is 5.93. The summed E-state index contributed by atoms with van der Waals surface area (Å²) in [6.45, 7) is 12.4. The zero-order valence-corrected chi connectivity index (χ0v) is 10.6. The molecule has 1 atom stereocenters. The minimum Gasteiger partial charge on any atom is -0.327 e. The highest BCUT2D eigenvalue weighted by Gasteiger charge is 2.05. The Hall–Kier alpha value is -0.820. The molecule has 0 saturated carbocycles. The topological polar surface area (TPSA) is 26.0 Å². The highest BCUT2D eigenvalue weighted by molar-refractivity contribution is 5.24. The van der Waals surface area contributed by atoms with Gasteiger partial charge in [-0.25, -0.2) is 0 Å². The molecule has 0 aliphatic heterocycles. The van der Waals surface area contributed by atoms with Crippen molar-refractivity contribution >= 4 is 0 Å². The van der Waals surface area contributed by atoms with Crippen molar-refractivity contribution in [2.45, 2.75) is 46.6 Å². The first kappa shape index (κ1) is 14.2. The highest BCUT2D eigenvalue weighted by Crippen LogP contribution is 2.18. The smallest absolute Gasteiger partial charge is 0.00766 e. The molecule has 0 unspecified atom stereocenters. The van der Waals surface area contributed by atoms with Crippen molar-refractivity contribution in [3.8, 4) is 0 Å².